The summed E-state index contributed by atoms with van der Waals surface area (Å²) in [7, 11) is 0. The van der Waals surface area contributed by atoms with E-state index in [1.165, 1.54) is 12.1 Å². The largest absolute Gasteiger partial charge is 0.364 e. The number of aromatic nitrogens is 1. The van der Waals surface area contributed by atoms with Crippen molar-refractivity contribution >= 4 is 21.7 Å². The highest BCUT2D eigenvalue weighted by Crippen LogP contribution is 2.17. The topological polar surface area (TPSA) is 79.8 Å². The highest BCUT2D eigenvalue weighted by molar-refractivity contribution is 9.10. The highest BCUT2D eigenvalue weighted by atomic mass is 79.9. The van der Waals surface area contributed by atoms with E-state index in [1.807, 2.05) is 0 Å². The van der Waals surface area contributed by atoms with Gasteiger partial charge in [0.15, 0.2) is 0 Å². The highest BCUT2D eigenvalue weighted by Gasteiger charge is 2.12. The maximum Gasteiger partial charge on any atom is 0.364 e. The van der Waals surface area contributed by atoms with Crippen LogP contribution in [0.15, 0.2) is 16.6 Å². The maximum absolute atomic E-state index is 10.2. The van der Waals surface area contributed by atoms with Crippen LogP contribution in [0.5, 0.6) is 0 Å². The number of pyridine rings is 1. The fourth-order valence-corrected chi connectivity index (χ4v) is 0.921. The molecule has 1 rings (SSSR count). The molecule has 1 heterocycles. The molecule has 0 aliphatic heterocycles. The Balaban J connectivity index is 3.25. The van der Waals surface area contributed by atoms with Crippen LogP contribution < -0.4 is 0 Å². The molecule has 0 aromatic carbocycles. The van der Waals surface area contributed by atoms with Gasteiger partial charge in [0.05, 0.1) is 4.47 Å². The molecular formula is C6H2BrN3O2. The zero-order chi connectivity index (χ0) is 9.14. The summed E-state index contributed by atoms with van der Waals surface area (Å²) in [6.07, 6.45) is 0. The summed E-state index contributed by atoms with van der Waals surface area (Å²) in [6.45, 7) is 0. The van der Waals surface area contributed by atoms with Gasteiger partial charge in [-0.3, -0.25) is 0 Å². The molecule has 0 fully saturated rings. The molecule has 1 aromatic rings. The molecular weight excluding hydrogens is 226 g/mol. The van der Waals surface area contributed by atoms with Crippen LogP contribution in [0.4, 0.5) is 5.82 Å². The summed E-state index contributed by atoms with van der Waals surface area (Å²) >= 11 is 3.03. The van der Waals surface area contributed by atoms with E-state index in [0.717, 1.165) is 0 Å². The van der Waals surface area contributed by atoms with Crippen molar-refractivity contribution in [2.24, 2.45) is 0 Å². The van der Waals surface area contributed by atoms with E-state index < -0.39 is 4.92 Å². The van der Waals surface area contributed by atoms with Crippen molar-refractivity contribution in [1.82, 2.24) is 4.98 Å². The van der Waals surface area contributed by atoms with Gasteiger partial charge in [-0.05, 0) is 31.9 Å². The van der Waals surface area contributed by atoms with Crippen LogP contribution in [0.1, 0.15) is 5.69 Å². The van der Waals surface area contributed by atoms with Gasteiger partial charge >= 0.3 is 5.82 Å². The molecule has 0 aliphatic rings. The molecule has 12 heavy (non-hydrogen) atoms. The molecule has 5 nitrogen and oxygen atoms in total. The number of nitrogens with zero attached hydrogens (tertiary/aromatic N) is 3. The van der Waals surface area contributed by atoms with E-state index >= 15 is 0 Å². The lowest BCUT2D eigenvalue weighted by molar-refractivity contribution is -0.389. The minimum Gasteiger partial charge on any atom is -0.358 e. The minimum atomic E-state index is -0.646. The lowest BCUT2D eigenvalue weighted by atomic mass is 10.4. The van der Waals surface area contributed by atoms with Crippen LogP contribution in [0, 0.1) is 21.4 Å². The van der Waals surface area contributed by atoms with Gasteiger partial charge in [-0.25, -0.2) is 0 Å². The van der Waals surface area contributed by atoms with Gasteiger partial charge < -0.3 is 10.1 Å². The Kier molecular flexibility index (Phi) is 2.35. The first kappa shape index (κ1) is 8.62. The number of nitro groups is 1. The third-order valence-corrected chi connectivity index (χ3v) is 1.76. The van der Waals surface area contributed by atoms with E-state index in [0.29, 0.717) is 4.47 Å². The molecule has 1 aromatic heterocycles. The first-order valence-corrected chi connectivity index (χ1v) is 3.65. The van der Waals surface area contributed by atoms with E-state index in [9.17, 15) is 10.1 Å². The smallest absolute Gasteiger partial charge is 0.358 e. The second kappa shape index (κ2) is 3.28. The summed E-state index contributed by atoms with van der Waals surface area (Å²) in [5.74, 6) is -0.324. The normalized spacial score (nSPS) is 9.00. The molecule has 6 heteroatoms. The predicted octanol–water partition coefficient (Wildman–Crippen LogP) is 1.62. The standard InChI is InChI=1S/C6H2BrN3O2/c7-4-1-2-6(10(11)12)9-5(4)3-8/h1-2H. The van der Waals surface area contributed by atoms with Crippen LogP contribution in [0.2, 0.25) is 0 Å². The SMILES string of the molecule is N#Cc1nc([N+](=O)[O-])ccc1Br. The van der Waals surface area contributed by atoms with Gasteiger partial charge in [-0.2, -0.15) is 5.26 Å². The Labute approximate surface area is 75.9 Å². The monoisotopic (exact) mass is 227 g/mol. The van der Waals surface area contributed by atoms with Crippen molar-refractivity contribution in [2.75, 3.05) is 0 Å². The summed E-state index contributed by atoms with van der Waals surface area (Å²) in [5, 5.41) is 18.7. The first-order valence-electron chi connectivity index (χ1n) is 2.86. The van der Waals surface area contributed by atoms with Crippen molar-refractivity contribution < 1.29 is 4.92 Å². The molecule has 0 aliphatic carbocycles. The molecule has 0 amide bonds. The Morgan fingerprint density at radius 1 is 1.67 bits per heavy atom. The summed E-state index contributed by atoms with van der Waals surface area (Å²) < 4.78 is 0.454. The van der Waals surface area contributed by atoms with Crippen molar-refractivity contribution in [3.8, 4) is 6.07 Å². The number of rotatable bonds is 1. The van der Waals surface area contributed by atoms with Crippen LogP contribution in [0.25, 0.3) is 0 Å². The molecule has 0 N–H and O–H groups in total. The van der Waals surface area contributed by atoms with Crippen LogP contribution >= 0.6 is 15.9 Å². The van der Waals surface area contributed by atoms with Gasteiger partial charge in [0.2, 0.25) is 0 Å². The molecule has 0 saturated carbocycles. The Bertz CT molecular complexity index is 372. The van der Waals surface area contributed by atoms with Gasteiger partial charge in [-0.15, -0.1) is 0 Å². The van der Waals surface area contributed by atoms with E-state index in [4.69, 9.17) is 5.26 Å². The second-order valence-corrected chi connectivity index (χ2v) is 2.72. The van der Waals surface area contributed by atoms with Crippen molar-refractivity contribution in [1.29, 1.82) is 5.26 Å². The number of hydrogen-bond donors (Lipinski definition) is 0. The average molecular weight is 228 g/mol. The fourth-order valence-electron chi connectivity index (χ4n) is 0.612. The zero-order valence-corrected chi connectivity index (χ0v) is 7.28. The van der Waals surface area contributed by atoms with Gasteiger partial charge in [0.25, 0.3) is 5.69 Å². The zero-order valence-electron chi connectivity index (χ0n) is 5.69. The van der Waals surface area contributed by atoms with E-state index in [1.54, 1.807) is 6.07 Å². The predicted molar refractivity (Wildman–Crippen MR) is 43.3 cm³/mol. The van der Waals surface area contributed by atoms with Gasteiger partial charge in [-0.1, -0.05) is 0 Å². The third-order valence-electron chi connectivity index (χ3n) is 1.12. The Morgan fingerprint density at radius 3 is 2.83 bits per heavy atom. The van der Waals surface area contributed by atoms with Crippen molar-refractivity contribution in [3.63, 3.8) is 0 Å². The Morgan fingerprint density at radius 2 is 2.33 bits per heavy atom. The second-order valence-electron chi connectivity index (χ2n) is 1.87. The third kappa shape index (κ3) is 1.57. The maximum atomic E-state index is 10.2. The van der Waals surface area contributed by atoms with Crippen LogP contribution in [-0.4, -0.2) is 9.91 Å². The summed E-state index contributed by atoms with van der Waals surface area (Å²) in [5.41, 5.74) is 0.0178. The van der Waals surface area contributed by atoms with Crippen LogP contribution in [-0.2, 0) is 0 Å². The molecule has 0 radical (unpaired) electrons. The number of halogens is 1. The van der Waals surface area contributed by atoms with E-state index in [2.05, 4.69) is 20.9 Å². The van der Waals surface area contributed by atoms with Crippen LogP contribution in [0.3, 0.4) is 0 Å². The van der Waals surface area contributed by atoms with Gasteiger partial charge in [0.1, 0.15) is 6.07 Å². The summed E-state index contributed by atoms with van der Waals surface area (Å²) in [4.78, 5) is 13.0. The molecule has 0 bridgehead atoms. The molecule has 0 atom stereocenters. The molecule has 0 unspecified atom stereocenters. The first-order chi connectivity index (χ1) is 5.65. The lowest BCUT2D eigenvalue weighted by Crippen LogP contribution is -1.94. The fraction of sp³-hybridized carbons (Fsp3) is 0. The minimum absolute atomic E-state index is 0.0178. The quantitative estimate of drug-likeness (QED) is 0.540. The molecule has 0 saturated heterocycles. The van der Waals surface area contributed by atoms with Crippen molar-refractivity contribution in [3.05, 3.63) is 32.4 Å². The molecule has 60 valence electrons. The Hall–Kier alpha value is -1.48. The number of nitriles is 1. The van der Waals surface area contributed by atoms with Gasteiger partial charge in [0, 0.05) is 6.07 Å². The molecule has 0 spiro atoms. The van der Waals surface area contributed by atoms with E-state index in [-0.39, 0.29) is 11.5 Å². The summed E-state index contributed by atoms with van der Waals surface area (Å²) in [6, 6.07) is 4.38. The lowest BCUT2D eigenvalue weighted by Gasteiger charge is -1.91. The average Bonchev–Trinajstić information content (AvgIpc) is 2.05. The number of hydrogen-bond acceptors (Lipinski definition) is 4. The van der Waals surface area contributed by atoms with Crippen molar-refractivity contribution in [2.45, 2.75) is 0 Å².